The van der Waals surface area contributed by atoms with E-state index < -0.39 is 6.10 Å². The lowest BCUT2D eigenvalue weighted by molar-refractivity contribution is 0.253. The van der Waals surface area contributed by atoms with Crippen LogP contribution in [-0.2, 0) is 0 Å². The Morgan fingerprint density at radius 3 is 2.39 bits per heavy atom. The Morgan fingerprint density at radius 1 is 1.17 bits per heavy atom. The molecule has 0 saturated heterocycles. The van der Waals surface area contributed by atoms with Crippen molar-refractivity contribution in [2.75, 3.05) is 0 Å². The lowest BCUT2D eigenvalue weighted by Gasteiger charge is -2.14. The maximum Gasteiger partial charge on any atom is 0.0774 e. The van der Waals surface area contributed by atoms with Crippen molar-refractivity contribution in [2.24, 2.45) is 0 Å². The van der Waals surface area contributed by atoms with E-state index in [1.807, 2.05) is 25.1 Å². The fourth-order valence-corrected chi connectivity index (χ4v) is 3.23. The van der Waals surface area contributed by atoms with E-state index in [1.165, 1.54) is 29.3 Å². The molecular formula is C16H23IO. The van der Waals surface area contributed by atoms with Gasteiger partial charge in [0.15, 0.2) is 0 Å². The van der Waals surface area contributed by atoms with E-state index in [1.54, 1.807) is 0 Å². The van der Waals surface area contributed by atoms with Crippen LogP contribution in [0.4, 0.5) is 0 Å². The van der Waals surface area contributed by atoms with Crippen molar-refractivity contribution in [2.45, 2.75) is 52.1 Å². The third-order valence-corrected chi connectivity index (χ3v) is 4.17. The highest BCUT2D eigenvalue weighted by molar-refractivity contribution is 14.1. The summed E-state index contributed by atoms with van der Waals surface area (Å²) in [5, 5.41) is 9.98. The third kappa shape index (κ3) is 5.11. The second-order valence-electron chi connectivity index (χ2n) is 4.67. The van der Waals surface area contributed by atoms with E-state index in [0.29, 0.717) is 0 Å². The Kier molecular flexibility index (Phi) is 7.59. The van der Waals surface area contributed by atoms with Crippen molar-refractivity contribution in [3.05, 3.63) is 39.5 Å². The number of unbranched alkanes of at least 4 members (excludes halogenated alkanes) is 3. The number of rotatable bonds is 7. The van der Waals surface area contributed by atoms with Crippen LogP contribution in [0.25, 0.3) is 5.57 Å². The number of aliphatic hydroxyl groups is 1. The molecule has 0 saturated carbocycles. The molecule has 1 aromatic rings. The van der Waals surface area contributed by atoms with Crippen molar-refractivity contribution < 1.29 is 5.11 Å². The Hall–Kier alpha value is -0.350. The van der Waals surface area contributed by atoms with Crippen LogP contribution in [0.1, 0.15) is 51.5 Å². The minimum atomic E-state index is -0.398. The summed E-state index contributed by atoms with van der Waals surface area (Å²) < 4.78 is 1.30. The molecule has 0 aliphatic carbocycles. The average molecular weight is 358 g/mol. The first-order valence-corrected chi connectivity index (χ1v) is 7.86. The van der Waals surface area contributed by atoms with Crippen molar-refractivity contribution in [1.29, 1.82) is 0 Å². The number of aliphatic hydroxyl groups excluding tert-OH is 1. The molecule has 0 bridgehead atoms. The van der Waals surface area contributed by atoms with Gasteiger partial charge in [-0.15, -0.1) is 0 Å². The van der Waals surface area contributed by atoms with Crippen LogP contribution in [-0.4, -0.2) is 11.2 Å². The van der Waals surface area contributed by atoms with Gasteiger partial charge >= 0.3 is 0 Å². The van der Waals surface area contributed by atoms with Gasteiger partial charge in [0.05, 0.1) is 6.10 Å². The lowest BCUT2D eigenvalue weighted by atomic mass is 9.99. The molecule has 2 heteroatoms. The second kappa shape index (κ2) is 8.70. The quantitative estimate of drug-likeness (QED) is 0.526. The van der Waals surface area contributed by atoms with Gasteiger partial charge in [-0.3, -0.25) is 0 Å². The van der Waals surface area contributed by atoms with Gasteiger partial charge in [-0.2, -0.15) is 0 Å². The Bertz CT molecular complexity index is 368. The molecule has 0 aliphatic rings. The molecule has 0 aliphatic heterocycles. The topological polar surface area (TPSA) is 20.2 Å². The molecule has 0 spiro atoms. The molecule has 1 unspecified atom stereocenters. The predicted molar refractivity (Wildman–Crippen MR) is 87.8 cm³/mol. The SMILES string of the molecule is CCCCCCC(I)=C(c1ccccc1)C(C)O. The largest absolute Gasteiger partial charge is 0.389 e. The number of hydrogen-bond acceptors (Lipinski definition) is 1. The molecule has 1 atom stereocenters. The standard InChI is InChI=1S/C16H23IO/c1-3-4-5-9-12-15(17)16(13(2)18)14-10-7-6-8-11-14/h6-8,10-11,13,18H,3-5,9,12H2,1-2H3. The molecule has 0 amide bonds. The third-order valence-electron chi connectivity index (χ3n) is 3.04. The summed E-state index contributed by atoms with van der Waals surface area (Å²) in [6.45, 7) is 4.08. The van der Waals surface area contributed by atoms with Crippen molar-refractivity contribution in [3.63, 3.8) is 0 Å². The predicted octanol–water partition coefficient (Wildman–Crippen LogP) is 5.18. The van der Waals surface area contributed by atoms with Gasteiger partial charge in [0, 0.05) is 0 Å². The maximum atomic E-state index is 9.98. The highest BCUT2D eigenvalue weighted by atomic mass is 127. The minimum absolute atomic E-state index is 0.398. The first-order valence-electron chi connectivity index (χ1n) is 6.78. The van der Waals surface area contributed by atoms with Crippen LogP contribution in [0.2, 0.25) is 0 Å². The summed E-state index contributed by atoms with van der Waals surface area (Å²) in [4.78, 5) is 0. The molecule has 1 rings (SSSR count). The van der Waals surface area contributed by atoms with Crippen LogP contribution in [0.5, 0.6) is 0 Å². The van der Waals surface area contributed by atoms with Crippen LogP contribution >= 0.6 is 22.6 Å². The summed E-state index contributed by atoms with van der Waals surface area (Å²) >= 11 is 2.39. The molecule has 0 heterocycles. The number of hydrogen-bond donors (Lipinski definition) is 1. The zero-order valence-electron chi connectivity index (χ0n) is 11.3. The lowest BCUT2D eigenvalue weighted by Crippen LogP contribution is -2.05. The molecule has 1 N–H and O–H groups in total. The maximum absolute atomic E-state index is 9.98. The number of allylic oxidation sites excluding steroid dienone is 1. The van der Waals surface area contributed by atoms with Gasteiger partial charge in [-0.05, 0) is 57.1 Å². The van der Waals surface area contributed by atoms with Gasteiger partial charge in [0.25, 0.3) is 0 Å². The van der Waals surface area contributed by atoms with Crippen LogP contribution in [0, 0.1) is 0 Å². The summed E-state index contributed by atoms with van der Waals surface area (Å²) in [5.74, 6) is 0. The van der Waals surface area contributed by atoms with E-state index in [4.69, 9.17) is 0 Å². The number of benzene rings is 1. The first kappa shape index (κ1) is 15.7. The highest BCUT2D eigenvalue weighted by Crippen LogP contribution is 2.30. The molecule has 0 radical (unpaired) electrons. The van der Waals surface area contributed by atoms with E-state index in [0.717, 1.165) is 17.6 Å². The van der Waals surface area contributed by atoms with Gasteiger partial charge in [0.2, 0.25) is 0 Å². The number of halogens is 1. The van der Waals surface area contributed by atoms with E-state index >= 15 is 0 Å². The van der Waals surface area contributed by atoms with Crippen LogP contribution < -0.4 is 0 Å². The normalized spacial score (nSPS) is 14.2. The van der Waals surface area contributed by atoms with E-state index in [2.05, 4.69) is 41.6 Å². The first-order chi connectivity index (χ1) is 8.66. The van der Waals surface area contributed by atoms with Gasteiger partial charge in [-0.25, -0.2) is 0 Å². The van der Waals surface area contributed by atoms with Crippen molar-refractivity contribution in [1.82, 2.24) is 0 Å². The Balaban J connectivity index is 2.77. The summed E-state index contributed by atoms with van der Waals surface area (Å²) in [6.07, 6.45) is 5.75. The van der Waals surface area contributed by atoms with Crippen LogP contribution in [0.15, 0.2) is 33.9 Å². The summed E-state index contributed by atoms with van der Waals surface area (Å²) in [6, 6.07) is 10.2. The van der Waals surface area contributed by atoms with E-state index in [9.17, 15) is 5.11 Å². The fraction of sp³-hybridized carbons (Fsp3) is 0.500. The zero-order chi connectivity index (χ0) is 13.4. The van der Waals surface area contributed by atoms with Crippen molar-refractivity contribution >= 4 is 28.2 Å². The van der Waals surface area contributed by atoms with Crippen molar-refractivity contribution in [3.8, 4) is 0 Å². The molecule has 100 valence electrons. The molecule has 0 aromatic heterocycles. The van der Waals surface area contributed by atoms with Gasteiger partial charge < -0.3 is 5.11 Å². The summed E-state index contributed by atoms with van der Waals surface area (Å²) in [7, 11) is 0. The van der Waals surface area contributed by atoms with Gasteiger partial charge in [0.1, 0.15) is 0 Å². The average Bonchev–Trinajstić information content (AvgIpc) is 2.36. The summed E-state index contributed by atoms with van der Waals surface area (Å²) in [5.41, 5.74) is 2.24. The molecule has 1 nitrogen and oxygen atoms in total. The Morgan fingerprint density at radius 2 is 1.83 bits per heavy atom. The smallest absolute Gasteiger partial charge is 0.0774 e. The monoisotopic (exact) mass is 358 g/mol. The molecule has 1 aromatic carbocycles. The molecular weight excluding hydrogens is 335 g/mol. The fourth-order valence-electron chi connectivity index (χ4n) is 2.08. The Labute approximate surface area is 124 Å². The molecule has 18 heavy (non-hydrogen) atoms. The second-order valence-corrected chi connectivity index (χ2v) is 5.97. The van der Waals surface area contributed by atoms with Crippen LogP contribution in [0.3, 0.4) is 0 Å². The molecule has 0 fully saturated rings. The zero-order valence-corrected chi connectivity index (χ0v) is 13.5. The van der Waals surface area contributed by atoms with Gasteiger partial charge in [-0.1, -0.05) is 56.5 Å². The highest BCUT2D eigenvalue weighted by Gasteiger charge is 2.12. The minimum Gasteiger partial charge on any atom is -0.389 e. The van der Waals surface area contributed by atoms with E-state index in [-0.39, 0.29) is 0 Å².